The number of benzene rings is 1. The molecule has 28 heavy (non-hydrogen) atoms. The Labute approximate surface area is 173 Å². The lowest BCUT2D eigenvalue weighted by Crippen LogP contribution is -2.41. The van der Waals surface area contributed by atoms with Crippen molar-refractivity contribution < 1.29 is 13.9 Å². The SMILES string of the molecule is Bc1cc(F)cc(Br)c1-n1nc(C2CCN(C(=O)OC(C)(C)C)CC2)cc1N. The number of hydrogen-bond acceptors (Lipinski definition) is 4. The summed E-state index contributed by atoms with van der Waals surface area (Å²) in [6.45, 7) is 6.82. The summed E-state index contributed by atoms with van der Waals surface area (Å²) in [5.74, 6) is 0.398. The highest BCUT2D eigenvalue weighted by Gasteiger charge is 2.29. The number of carbonyl (C=O) groups is 1. The molecular weight excluding hydrogens is 426 g/mol. The molecule has 0 bridgehead atoms. The number of anilines is 1. The molecule has 2 aromatic rings. The second-order valence-corrected chi connectivity index (χ2v) is 9.05. The van der Waals surface area contributed by atoms with Crippen molar-refractivity contribution in [2.45, 2.75) is 45.1 Å². The molecule has 1 aliphatic heterocycles. The van der Waals surface area contributed by atoms with Crippen LogP contribution in [0.15, 0.2) is 22.7 Å². The van der Waals surface area contributed by atoms with Crippen LogP contribution in [0.2, 0.25) is 0 Å². The van der Waals surface area contributed by atoms with Crippen molar-refractivity contribution in [3.63, 3.8) is 0 Å². The van der Waals surface area contributed by atoms with Gasteiger partial charge in [-0.1, -0.05) is 5.46 Å². The normalized spacial score (nSPS) is 15.7. The van der Waals surface area contributed by atoms with Crippen LogP contribution in [0, 0.1) is 5.82 Å². The molecule has 1 fully saturated rings. The van der Waals surface area contributed by atoms with Crippen molar-refractivity contribution in [1.82, 2.24) is 14.7 Å². The van der Waals surface area contributed by atoms with Crippen LogP contribution in [0.3, 0.4) is 0 Å². The van der Waals surface area contributed by atoms with Crippen molar-refractivity contribution in [2.24, 2.45) is 0 Å². The number of rotatable bonds is 2. The summed E-state index contributed by atoms with van der Waals surface area (Å²) in [5.41, 5.74) is 8.07. The first-order valence-electron chi connectivity index (χ1n) is 9.34. The summed E-state index contributed by atoms with van der Waals surface area (Å²) in [6, 6.07) is 4.73. The lowest BCUT2D eigenvalue weighted by atomic mass is 9.94. The van der Waals surface area contributed by atoms with Crippen molar-refractivity contribution in [1.29, 1.82) is 0 Å². The standard InChI is InChI=1S/C19H25BBrFN4O2/c1-19(2,3)28-18(27)25-6-4-11(5-7-25)15-10-16(23)26(24-15)17-13(20)8-12(22)9-14(17)21/h8-11H,4-7,20,23H2,1-3H3. The molecule has 0 saturated carbocycles. The second-order valence-electron chi connectivity index (χ2n) is 8.20. The number of hydrogen-bond donors (Lipinski definition) is 1. The Balaban J connectivity index is 1.74. The topological polar surface area (TPSA) is 73.4 Å². The van der Waals surface area contributed by atoms with E-state index in [1.165, 1.54) is 12.1 Å². The average Bonchev–Trinajstić information content (AvgIpc) is 2.94. The van der Waals surface area contributed by atoms with E-state index in [0.717, 1.165) is 29.7 Å². The Morgan fingerprint density at radius 3 is 2.54 bits per heavy atom. The van der Waals surface area contributed by atoms with Gasteiger partial charge in [0.25, 0.3) is 0 Å². The van der Waals surface area contributed by atoms with E-state index in [1.807, 2.05) is 34.7 Å². The summed E-state index contributed by atoms with van der Waals surface area (Å²) < 4.78 is 21.3. The Morgan fingerprint density at radius 1 is 1.32 bits per heavy atom. The van der Waals surface area contributed by atoms with Gasteiger partial charge in [0.05, 0.1) is 11.4 Å². The molecule has 1 saturated heterocycles. The number of piperidine rings is 1. The van der Waals surface area contributed by atoms with E-state index in [9.17, 15) is 9.18 Å². The number of nitrogens with zero attached hydrogens (tertiary/aromatic N) is 3. The Bertz CT molecular complexity index is 866. The van der Waals surface area contributed by atoms with Gasteiger partial charge in [-0.2, -0.15) is 5.10 Å². The first-order chi connectivity index (χ1) is 13.0. The quantitative estimate of drug-likeness (QED) is 0.714. The summed E-state index contributed by atoms with van der Waals surface area (Å²) in [4.78, 5) is 14.0. The number of nitrogens with two attached hydrogens (primary N) is 1. The molecule has 0 spiro atoms. The van der Waals surface area contributed by atoms with Crippen LogP contribution in [0.25, 0.3) is 5.69 Å². The van der Waals surface area contributed by atoms with E-state index in [2.05, 4.69) is 21.0 Å². The van der Waals surface area contributed by atoms with Crippen molar-refractivity contribution in [3.05, 3.63) is 34.2 Å². The summed E-state index contributed by atoms with van der Waals surface area (Å²) in [5, 5.41) is 4.69. The summed E-state index contributed by atoms with van der Waals surface area (Å²) in [7, 11) is 1.82. The first-order valence-corrected chi connectivity index (χ1v) is 10.1. The molecule has 0 radical (unpaired) electrons. The maximum Gasteiger partial charge on any atom is 0.410 e. The van der Waals surface area contributed by atoms with E-state index in [1.54, 1.807) is 9.58 Å². The van der Waals surface area contributed by atoms with Crippen LogP contribution in [-0.4, -0.2) is 47.3 Å². The molecule has 1 aromatic carbocycles. The van der Waals surface area contributed by atoms with Gasteiger partial charge in [-0.3, -0.25) is 0 Å². The average molecular weight is 451 g/mol. The van der Waals surface area contributed by atoms with Crippen LogP contribution < -0.4 is 11.2 Å². The lowest BCUT2D eigenvalue weighted by Gasteiger charge is -2.32. The molecule has 150 valence electrons. The lowest BCUT2D eigenvalue weighted by molar-refractivity contribution is 0.0204. The maximum atomic E-state index is 13.6. The smallest absolute Gasteiger partial charge is 0.410 e. The third-order valence-electron chi connectivity index (χ3n) is 4.75. The Hall–Kier alpha value is -2.03. The zero-order chi connectivity index (χ0) is 20.6. The molecule has 9 heteroatoms. The van der Waals surface area contributed by atoms with Gasteiger partial charge in [0.15, 0.2) is 0 Å². The summed E-state index contributed by atoms with van der Waals surface area (Å²) in [6.07, 6.45) is 1.31. The molecule has 6 nitrogen and oxygen atoms in total. The number of nitrogen functional groups attached to an aromatic ring is 1. The molecule has 0 atom stereocenters. The molecule has 0 unspecified atom stereocenters. The van der Waals surface area contributed by atoms with Crippen molar-refractivity contribution in [2.75, 3.05) is 18.8 Å². The fourth-order valence-corrected chi connectivity index (χ4v) is 4.14. The minimum atomic E-state index is -0.498. The highest BCUT2D eigenvalue weighted by atomic mass is 79.9. The van der Waals surface area contributed by atoms with Crippen LogP contribution in [0.5, 0.6) is 0 Å². The van der Waals surface area contributed by atoms with Gasteiger partial charge in [0.1, 0.15) is 25.1 Å². The largest absolute Gasteiger partial charge is 0.444 e. The molecular formula is C19H25BBrFN4O2. The molecule has 2 N–H and O–H groups in total. The number of aromatic nitrogens is 2. The van der Waals surface area contributed by atoms with Crippen molar-refractivity contribution in [3.8, 4) is 5.69 Å². The number of likely N-dealkylation sites (tertiary alicyclic amines) is 1. The predicted octanol–water partition coefficient (Wildman–Crippen LogP) is 2.73. The van der Waals surface area contributed by atoms with Gasteiger partial charge in [-0.25, -0.2) is 13.9 Å². The molecule has 3 rings (SSSR count). The van der Waals surface area contributed by atoms with Crippen LogP contribution >= 0.6 is 15.9 Å². The molecule has 0 aliphatic carbocycles. The third-order valence-corrected chi connectivity index (χ3v) is 5.36. The fourth-order valence-electron chi connectivity index (χ4n) is 3.44. The molecule has 1 aromatic heterocycles. The van der Waals surface area contributed by atoms with E-state index in [0.29, 0.717) is 23.4 Å². The minimum absolute atomic E-state index is 0.210. The molecule has 2 heterocycles. The Kier molecular flexibility index (Phi) is 5.75. The van der Waals surface area contributed by atoms with E-state index < -0.39 is 5.60 Å². The van der Waals surface area contributed by atoms with E-state index in [-0.39, 0.29) is 17.8 Å². The fraction of sp³-hybridized carbons (Fsp3) is 0.474. The van der Waals surface area contributed by atoms with Gasteiger partial charge in [-0.15, -0.1) is 0 Å². The predicted molar refractivity (Wildman–Crippen MR) is 114 cm³/mol. The molecule has 1 amide bonds. The van der Waals surface area contributed by atoms with E-state index >= 15 is 0 Å². The van der Waals surface area contributed by atoms with Crippen molar-refractivity contribution >= 4 is 41.2 Å². The van der Waals surface area contributed by atoms with Gasteiger partial charge in [-0.05, 0) is 61.7 Å². The van der Waals surface area contributed by atoms with Gasteiger partial charge < -0.3 is 15.4 Å². The van der Waals surface area contributed by atoms with E-state index in [4.69, 9.17) is 10.5 Å². The number of ether oxygens (including phenoxy) is 1. The van der Waals surface area contributed by atoms with Gasteiger partial charge in [0.2, 0.25) is 0 Å². The van der Waals surface area contributed by atoms with Crippen LogP contribution in [0.1, 0.15) is 45.2 Å². The monoisotopic (exact) mass is 450 g/mol. The zero-order valence-electron chi connectivity index (χ0n) is 16.6. The Morgan fingerprint density at radius 2 is 1.96 bits per heavy atom. The summed E-state index contributed by atoms with van der Waals surface area (Å²) >= 11 is 3.41. The van der Waals surface area contributed by atoms with Gasteiger partial charge in [0, 0.05) is 29.5 Å². The number of carbonyl (C=O) groups excluding carboxylic acids is 1. The minimum Gasteiger partial charge on any atom is -0.444 e. The highest BCUT2D eigenvalue weighted by Crippen LogP contribution is 2.31. The second kappa shape index (κ2) is 7.77. The zero-order valence-corrected chi connectivity index (χ0v) is 18.2. The maximum absolute atomic E-state index is 13.6. The number of amides is 1. The third kappa shape index (κ3) is 4.51. The van der Waals surface area contributed by atoms with Crippen LogP contribution in [0.4, 0.5) is 15.0 Å². The first kappa shape index (κ1) is 20.7. The highest BCUT2D eigenvalue weighted by molar-refractivity contribution is 9.10. The number of halogens is 2. The van der Waals surface area contributed by atoms with Gasteiger partial charge >= 0.3 is 6.09 Å². The molecule has 1 aliphatic rings. The van der Waals surface area contributed by atoms with Crippen LogP contribution in [-0.2, 0) is 4.74 Å².